The fourth-order valence-corrected chi connectivity index (χ4v) is 3.94. The highest BCUT2D eigenvalue weighted by Gasteiger charge is 2.48. The Kier molecular flexibility index (Phi) is 4.80. The molecule has 1 aliphatic heterocycles. The van der Waals surface area contributed by atoms with E-state index in [-0.39, 0.29) is 29.0 Å². The average Bonchev–Trinajstić information content (AvgIpc) is 3.01. The Morgan fingerprint density at radius 1 is 1.29 bits per heavy atom. The predicted molar refractivity (Wildman–Crippen MR) is 105 cm³/mol. The summed E-state index contributed by atoms with van der Waals surface area (Å²) in [5.74, 6) is -0.203. The first-order valence-electron chi connectivity index (χ1n) is 9.10. The van der Waals surface area contributed by atoms with Crippen LogP contribution in [0.15, 0.2) is 36.5 Å². The Labute approximate surface area is 167 Å². The van der Waals surface area contributed by atoms with Gasteiger partial charge in [0.05, 0.1) is 12.7 Å². The molecule has 1 saturated carbocycles. The van der Waals surface area contributed by atoms with Crippen molar-refractivity contribution in [2.45, 2.75) is 31.3 Å². The number of nitrogens with zero attached hydrogens (tertiary/aromatic N) is 3. The predicted octanol–water partition coefficient (Wildman–Crippen LogP) is 3.24. The number of carbonyl (C=O) groups excluding carboxylic acids is 2. The molecule has 0 atom stereocenters. The molecule has 2 aliphatic rings. The van der Waals surface area contributed by atoms with Crippen molar-refractivity contribution >= 4 is 40.8 Å². The first kappa shape index (κ1) is 18.5. The van der Waals surface area contributed by atoms with E-state index in [2.05, 4.69) is 15.3 Å². The lowest BCUT2D eigenvalue weighted by Gasteiger charge is -2.34. The summed E-state index contributed by atoms with van der Waals surface area (Å²) in [6.45, 7) is 0.502. The van der Waals surface area contributed by atoms with Crippen LogP contribution in [0.3, 0.4) is 0 Å². The van der Waals surface area contributed by atoms with Crippen molar-refractivity contribution in [1.82, 2.24) is 9.97 Å². The molecule has 2 amide bonds. The van der Waals surface area contributed by atoms with Gasteiger partial charge >= 0.3 is 6.09 Å². The van der Waals surface area contributed by atoms with E-state index in [4.69, 9.17) is 22.1 Å². The number of amides is 2. The molecule has 1 saturated heterocycles. The van der Waals surface area contributed by atoms with Gasteiger partial charge in [0.15, 0.2) is 5.82 Å². The van der Waals surface area contributed by atoms with Crippen molar-refractivity contribution in [3.05, 3.63) is 41.8 Å². The van der Waals surface area contributed by atoms with E-state index >= 15 is 0 Å². The zero-order valence-electron chi connectivity index (χ0n) is 15.1. The zero-order chi connectivity index (χ0) is 19.7. The largest absolute Gasteiger partial charge is 0.441 e. The van der Waals surface area contributed by atoms with Crippen molar-refractivity contribution in [3.63, 3.8) is 0 Å². The molecule has 1 aliphatic carbocycles. The highest BCUT2D eigenvalue weighted by Crippen LogP contribution is 2.41. The molecule has 2 aromatic rings. The normalized spacial score (nSPS) is 24.2. The Morgan fingerprint density at radius 2 is 2.00 bits per heavy atom. The van der Waals surface area contributed by atoms with Gasteiger partial charge in [-0.05, 0) is 49.4 Å². The number of para-hydroxylation sites is 1. The third-order valence-electron chi connectivity index (χ3n) is 5.35. The van der Waals surface area contributed by atoms with E-state index in [1.54, 1.807) is 4.90 Å². The van der Waals surface area contributed by atoms with Crippen LogP contribution in [-0.2, 0) is 9.53 Å². The lowest BCUT2D eigenvalue weighted by Crippen LogP contribution is -2.41. The van der Waals surface area contributed by atoms with Crippen LogP contribution < -0.4 is 16.0 Å². The molecule has 2 heterocycles. The molecule has 4 rings (SSSR count). The molecule has 0 radical (unpaired) electrons. The van der Waals surface area contributed by atoms with Crippen molar-refractivity contribution < 1.29 is 14.3 Å². The number of carbonyl (C=O) groups is 2. The van der Waals surface area contributed by atoms with Crippen molar-refractivity contribution in [2.24, 2.45) is 5.92 Å². The smallest absolute Gasteiger partial charge is 0.415 e. The molecule has 9 heteroatoms. The number of ether oxygens (including phenoxy) is 1. The van der Waals surface area contributed by atoms with Gasteiger partial charge in [0.25, 0.3) is 0 Å². The maximum atomic E-state index is 12.6. The minimum Gasteiger partial charge on any atom is -0.441 e. The van der Waals surface area contributed by atoms with E-state index in [0.29, 0.717) is 37.9 Å². The molecule has 1 aromatic heterocycles. The Morgan fingerprint density at radius 3 is 2.68 bits per heavy atom. The maximum Gasteiger partial charge on any atom is 0.415 e. The third kappa shape index (κ3) is 3.60. The Balaban J connectivity index is 1.38. The average molecular weight is 402 g/mol. The van der Waals surface area contributed by atoms with E-state index < -0.39 is 5.60 Å². The highest BCUT2D eigenvalue weighted by atomic mass is 35.5. The Bertz CT molecular complexity index is 900. The topological polar surface area (TPSA) is 110 Å². The number of hydrogen-bond donors (Lipinski definition) is 2. The van der Waals surface area contributed by atoms with Gasteiger partial charge in [-0.3, -0.25) is 9.69 Å². The van der Waals surface area contributed by atoms with Gasteiger partial charge in [0.2, 0.25) is 11.2 Å². The number of benzene rings is 1. The zero-order valence-corrected chi connectivity index (χ0v) is 15.9. The van der Waals surface area contributed by atoms with Crippen LogP contribution in [0.1, 0.15) is 25.7 Å². The second-order valence-corrected chi connectivity index (χ2v) is 7.51. The van der Waals surface area contributed by atoms with Gasteiger partial charge < -0.3 is 15.8 Å². The fourth-order valence-electron chi connectivity index (χ4n) is 3.80. The first-order valence-corrected chi connectivity index (χ1v) is 9.48. The molecule has 0 unspecified atom stereocenters. The molecule has 2 fully saturated rings. The summed E-state index contributed by atoms with van der Waals surface area (Å²) in [4.78, 5) is 34.3. The summed E-state index contributed by atoms with van der Waals surface area (Å²) in [6.07, 6.45) is 3.56. The number of nitrogens with two attached hydrogens (primary N) is 1. The van der Waals surface area contributed by atoms with Crippen molar-refractivity contribution in [1.29, 1.82) is 0 Å². The summed E-state index contributed by atoms with van der Waals surface area (Å²) in [5.41, 5.74) is 6.40. The van der Waals surface area contributed by atoms with Gasteiger partial charge in [0, 0.05) is 11.6 Å². The Hall–Kier alpha value is -2.87. The number of aromatic nitrogens is 2. The molecular weight excluding hydrogens is 382 g/mol. The minimum absolute atomic E-state index is 0.0288. The minimum atomic E-state index is -0.536. The maximum absolute atomic E-state index is 12.6. The summed E-state index contributed by atoms with van der Waals surface area (Å²) in [6, 6.07) is 9.46. The van der Waals surface area contributed by atoms with E-state index in [0.717, 1.165) is 5.69 Å². The van der Waals surface area contributed by atoms with E-state index in [1.165, 1.54) is 6.20 Å². The molecule has 1 spiro atoms. The summed E-state index contributed by atoms with van der Waals surface area (Å²) in [5, 5.41) is 2.79. The second-order valence-electron chi connectivity index (χ2n) is 7.17. The van der Waals surface area contributed by atoms with Gasteiger partial charge in [-0.15, -0.1) is 0 Å². The van der Waals surface area contributed by atoms with Crippen LogP contribution in [-0.4, -0.2) is 34.1 Å². The quantitative estimate of drug-likeness (QED) is 0.764. The lowest BCUT2D eigenvalue weighted by atomic mass is 9.78. The summed E-state index contributed by atoms with van der Waals surface area (Å²) in [7, 11) is 0. The van der Waals surface area contributed by atoms with Gasteiger partial charge in [-0.25, -0.2) is 9.78 Å². The molecule has 146 valence electrons. The van der Waals surface area contributed by atoms with E-state index in [1.807, 2.05) is 30.3 Å². The molecule has 28 heavy (non-hydrogen) atoms. The molecular formula is C19H20ClN5O3. The van der Waals surface area contributed by atoms with Crippen LogP contribution >= 0.6 is 11.6 Å². The summed E-state index contributed by atoms with van der Waals surface area (Å²) >= 11 is 5.68. The first-order chi connectivity index (χ1) is 13.5. The molecule has 0 bridgehead atoms. The number of hydrogen-bond acceptors (Lipinski definition) is 6. The SMILES string of the molecule is Nc1nc(Cl)ncc1NC(=O)C1CCC2(CC1)CN(c1ccccc1)C(=O)O2. The van der Waals surface area contributed by atoms with E-state index in [9.17, 15) is 9.59 Å². The van der Waals surface area contributed by atoms with Gasteiger partial charge in [0.1, 0.15) is 11.3 Å². The highest BCUT2D eigenvalue weighted by molar-refractivity contribution is 6.28. The molecule has 3 N–H and O–H groups in total. The standard InChI is InChI=1S/C19H20ClN5O3/c20-17-22-10-14(15(21)24-17)23-16(26)12-6-8-19(9-7-12)11-25(18(27)28-19)13-4-2-1-3-5-13/h1-5,10,12H,6-9,11H2,(H,23,26)(H2,21,22,24). The van der Waals surface area contributed by atoms with Crippen molar-refractivity contribution in [3.8, 4) is 0 Å². The van der Waals surface area contributed by atoms with Crippen LogP contribution in [0, 0.1) is 5.92 Å². The van der Waals surface area contributed by atoms with Crippen molar-refractivity contribution in [2.75, 3.05) is 22.5 Å². The molecule has 8 nitrogen and oxygen atoms in total. The number of rotatable bonds is 3. The number of anilines is 3. The third-order valence-corrected chi connectivity index (χ3v) is 5.53. The van der Waals surface area contributed by atoms with Gasteiger partial charge in [-0.2, -0.15) is 4.98 Å². The van der Waals surface area contributed by atoms with Crippen LogP contribution in [0.2, 0.25) is 5.28 Å². The lowest BCUT2D eigenvalue weighted by molar-refractivity contribution is -0.122. The van der Waals surface area contributed by atoms with Crippen LogP contribution in [0.4, 0.5) is 22.0 Å². The fraction of sp³-hybridized carbons (Fsp3) is 0.368. The number of nitrogen functional groups attached to an aromatic ring is 1. The van der Waals surface area contributed by atoms with Crippen LogP contribution in [0.5, 0.6) is 0 Å². The molecule has 1 aromatic carbocycles. The van der Waals surface area contributed by atoms with Crippen LogP contribution in [0.25, 0.3) is 0 Å². The number of halogens is 1. The van der Waals surface area contributed by atoms with Gasteiger partial charge in [-0.1, -0.05) is 18.2 Å². The monoisotopic (exact) mass is 401 g/mol. The number of nitrogens with one attached hydrogen (secondary N) is 1. The summed E-state index contributed by atoms with van der Waals surface area (Å²) < 4.78 is 5.74. The second kappa shape index (κ2) is 7.27.